The van der Waals surface area contributed by atoms with Gasteiger partial charge in [-0.05, 0) is 43.9 Å². The molecule has 130 valence electrons. The summed E-state index contributed by atoms with van der Waals surface area (Å²) < 4.78 is 5.93. The van der Waals surface area contributed by atoms with Gasteiger partial charge in [-0.15, -0.1) is 0 Å². The molecule has 1 saturated carbocycles. The summed E-state index contributed by atoms with van der Waals surface area (Å²) >= 11 is 0. The van der Waals surface area contributed by atoms with Crippen LogP contribution in [0.4, 0.5) is 0 Å². The number of hydrogen-bond acceptors (Lipinski definition) is 3. The van der Waals surface area contributed by atoms with Crippen LogP contribution in [0.5, 0.6) is 5.75 Å². The van der Waals surface area contributed by atoms with Crippen molar-refractivity contribution in [1.29, 1.82) is 0 Å². The van der Waals surface area contributed by atoms with Crippen molar-refractivity contribution in [2.24, 2.45) is 0 Å². The maximum absolute atomic E-state index is 10.3. The Morgan fingerprint density at radius 3 is 2.61 bits per heavy atom. The minimum absolute atomic E-state index is 0.366. The Morgan fingerprint density at radius 1 is 1.22 bits per heavy atom. The molecule has 0 heterocycles. The van der Waals surface area contributed by atoms with E-state index < -0.39 is 6.10 Å². The second-order valence-corrected chi connectivity index (χ2v) is 7.04. The number of benzene rings is 1. The molecule has 2 atom stereocenters. The van der Waals surface area contributed by atoms with Crippen molar-refractivity contribution >= 4 is 0 Å². The Bertz CT molecular complexity index is 457. The summed E-state index contributed by atoms with van der Waals surface area (Å²) in [6, 6.07) is 8.83. The van der Waals surface area contributed by atoms with Crippen LogP contribution in [0.15, 0.2) is 24.3 Å². The topological polar surface area (TPSA) is 32.7 Å². The van der Waals surface area contributed by atoms with Crippen molar-refractivity contribution in [1.82, 2.24) is 4.90 Å². The maximum Gasteiger partial charge on any atom is 0.122 e. The molecule has 1 fully saturated rings. The van der Waals surface area contributed by atoms with Gasteiger partial charge in [-0.3, -0.25) is 0 Å². The van der Waals surface area contributed by atoms with Crippen LogP contribution in [0.2, 0.25) is 0 Å². The average molecular weight is 319 g/mol. The van der Waals surface area contributed by atoms with E-state index in [0.29, 0.717) is 25.1 Å². The van der Waals surface area contributed by atoms with Gasteiger partial charge in [0.05, 0.1) is 0 Å². The van der Waals surface area contributed by atoms with Crippen molar-refractivity contribution < 1.29 is 9.84 Å². The normalized spacial score (nSPS) is 18.8. The summed E-state index contributed by atoms with van der Waals surface area (Å²) in [5.74, 6) is 1.40. The number of para-hydroxylation sites is 1. The standard InChI is InChI=1S/C20H33NO2/c1-4-16(2)19-12-8-9-13-20(19)23-15-18(22)14-21(3)17-10-6-5-7-11-17/h8-9,12-13,16-18,22H,4-7,10-11,14-15H2,1-3H3/t16-,18+/m1/s1. The first-order valence-electron chi connectivity index (χ1n) is 9.21. The number of aliphatic hydroxyl groups excluding tert-OH is 1. The lowest BCUT2D eigenvalue weighted by molar-refractivity contribution is 0.0558. The zero-order chi connectivity index (χ0) is 16.7. The van der Waals surface area contributed by atoms with Crippen molar-refractivity contribution in [3.63, 3.8) is 0 Å². The molecule has 1 aromatic rings. The number of likely N-dealkylation sites (N-methyl/N-ethyl adjacent to an activating group) is 1. The van der Waals surface area contributed by atoms with Gasteiger partial charge >= 0.3 is 0 Å². The Labute approximate surface area is 141 Å². The third-order valence-electron chi connectivity index (χ3n) is 5.19. The first kappa shape index (κ1) is 18.3. The molecular formula is C20H33NO2. The molecule has 3 heteroatoms. The predicted molar refractivity (Wildman–Crippen MR) is 96.2 cm³/mol. The SMILES string of the molecule is CC[C@@H](C)c1ccccc1OC[C@@H](O)CN(C)C1CCCCC1. The second kappa shape index (κ2) is 9.29. The summed E-state index contributed by atoms with van der Waals surface area (Å²) in [6.07, 6.45) is 7.19. The Kier molecular flexibility index (Phi) is 7.38. The fraction of sp³-hybridized carbons (Fsp3) is 0.700. The molecule has 3 nitrogen and oxygen atoms in total. The van der Waals surface area contributed by atoms with Gasteiger partial charge < -0.3 is 14.7 Å². The quantitative estimate of drug-likeness (QED) is 0.779. The average Bonchev–Trinajstić information content (AvgIpc) is 2.60. The molecule has 1 aliphatic carbocycles. The largest absolute Gasteiger partial charge is 0.491 e. The molecule has 0 aromatic heterocycles. The van der Waals surface area contributed by atoms with Crippen LogP contribution in [0, 0.1) is 0 Å². The highest BCUT2D eigenvalue weighted by atomic mass is 16.5. The smallest absolute Gasteiger partial charge is 0.122 e. The van der Waals surface area contributed by atoms with E-state index in [1.54, 1.807) is 0 Å². The molecule has 1 aromatic carbocycles. The van der Waals surface area contributed by atoms with Gasteiger partial charge in [0.15, 0.2) is 0 Å². The van der Waals surface area contributed by atoms with Crippen LogP contribution in [0.1, 0.15) is 63.9 Å². The Balaban J connectivity index is 1.83. The van der Waals surface area contributed by atoms with Gasteiger partial charge in [-0.25, -0.2) is 0 Å². The molecule has 0 spiro atoms. The zero-order valence-corrected chi connectivity index (χ0v) is 15.0. The first-order chi connectivity index (χ1) is 11.1. The van der Waals surface area contributed by atoms with Crippen molar-refractivity contribution in [3.05, 3.63) is 29.8 Å². The molecule has 0 bridgehead atoms. The number of aliphatic hydroxyl groups is 1. The molecule has 1 N–H and O–H groups in total. The van der Waals surface area contributed by atoms with Crippen LogP contribution < -0.4 is 4.74 Å². The number of hydrogen-bond donors (Lipinski definition) is 1. The lowest BCUT2D eigenvalue weighted by atomic mass is 9.94. The number of ether oxygens (including phenoxy) is 1. The van der Waals surface area contributed by atoms with Crippen LogP contribution in [0.3, 0.4) is 0 Å². The maximum atomic E-state index is 10.3. The van der Waals surface area contributed by atoms with E-state index >= 15 is 0 Å². The summed E-state index contributed by atoms with van der Waals surface area (Å²) in [7, 11) is 2.13. The molecule has 23 heavy (non-hydrogen) atoms. The van der Waals surface area contributed by atoms with Crippen LogP contribution in [-0.4, -0.2) is 42.4 Å². The van der Waals surface area contributed by atoms with Crippen LogP contribution in [-0.2, 0) is 0 Å². The zero-order valence-electron chi connectivity index (χ0n) is 15.0. The highest BCUT2D eigenvalue weighted by molar-refractivity contribution is 5.35. The molecule has 0 saturated heterocycles. The van der Waals surface area contributed by atoms with Gasteiger partial charge in [-0.2, -0.15) is 0 Å². The molecule has 0 unspecified atom stereocenters. The fourth-order valence-electron chi connectivity index (χ4n) is 3.48. The first-order valence-corrected chi connectivity index (χ1v) is 9.21. The van der Waals surface area contributed by atoms with Crippen molar-refractivity contribution in [2.45, 2.75) is 70.4 Å². The lowest BCUT2D eigenvalue weighted by Gasteiger charge is -2.32. The van der Waals surface area contributed by atoms with Gasteiger partial charge in [0.2, 0.25) is 0 Å². The molecule has 0 radical (unpaired) electrons. The molecule has 2 rings (SSSR count). The number of nitrogens with zero attached hydrogens (tertiary/aromatic N) is 1. The lowest BCUT2D eigenvalue weighted by Crippen LogP contribution is -2.40. The van der Waals surface area contributed by atoms with Gasteiger partial charge in [0.25, 0.3) is 0 Å². The minimum Gasteiger partial charge on any atom is -0.491 e. The van der Waals surface area contributed by atoms with Gasteiger partial charge in [0.1, 0.15) is 18.5 Å². The van der Waals surface area contributed by atoms with E-state index in [1.807, 2.05) is 12.1 Å². The van der Waals surface area contributed by atoms with E-state index in [1.165, 1.54) is 37.7 Å². The molecule has 0 amide bonds. The van der Waals surface area contributed by atoms with E-state index in [4.69, 9.17) is 4.74 Å². The summed E-state index contributed by atoms with van der Waals surface area (Å²) in [5.41, 5.74) is 1.24. The molecule has 0 aliphatic heterocycles. The second-order valence-electron chi connectivity index (χ2n) is 7.04. The van der Waals surface area contributed by atoms with Crippen molar-refractivity contribution in [2.75, 3.05) is 20.2 Å². The Morgan fingerprint density at radius 2 is 1.91 bits per heavy atom. The highest BCUT2D eigenvalue weighted by Gasteiger charge is 2.20. The Hall–Kier alpha value is -1.06. The highest BCUT2D eigenvalue weighted by Crippen LogP contribution is 2.28. The number of rotatable bonds is 8. The van der Waals surface area contributed by atoms with E-state index in [2.05, 4.69) is 37.9 Å². The van der Waals surface area contributed by atoms with Crippen LogP contribution >= 0.6 is 0 Å². The van der Waals surface area contributed by atoms with E-state index in [0.717, 1.165) is 12.2 Å². The third-order valence-corrected chi connectivity index (χ3v) is 5.19. The van der Waals surface area contributed by atoms with Gasteiger partial charge in [0, 0.05) is 12.6 Å². The monoisotopic (exact) mass is 319 g/mol. The van der Waals surface area contributed by atoms with Gasteiger partial charge in [-0.1, -0.05) is 51.3 Å². The fourth-order valence-corrected chi connectivity index (χ4v) is 3.48. The van der Waals surface area contributed by atoms with E-state index in [-0.39, 0.29) is 0 Å². The molecular weight excluding hydrogens is 286 g/mol. The minimum atomic E-state index is -0.438. The van der Waals surface area contributed by atoms with Crippen molar-refractivity contribution in [3.8, 4) is 5.75 Å². The summed E-state index contributed by atoms with van der Waals surface area (Å²) in [4.78, 5) is 2.31. The van der Waals surface area contributed by atoms with E-state index in [9.17, 15) is 5.11 Å². The van der Waals surface area contributed by atoms with Crippen LogP contribution in [0.25, 0.3) is 0 Å². The third kappa shape index (κ3) is 5.50. The summed E-state index contributed by atoms with van der Waals surface area (Å²) in [5, 5.41) is 10.3. The predicted octanol–water partition coefficient (Wildman–Crippen LogP) is 4.20. The molecule has 1 aliphatic rings. The summed E-state index contributed by atoms with van der Waals surface area (Å²) in [6.45, 7) is 5.46.